The molecule has 0 aromatic heterocycles. The SMILES string of the molecule is NN/N=C(\N)c1c(C2CCC(N)CC2)cccc1S(N)=O. The van der Waals surface area contributed by atoms with Gasteiger partial charge in [0.05, 0.1) is 4.90 Å². The van der Waals surface area contributed by atoms with Crippen LogP contribution in [0.3, 0.4) is 0 Å². The predicted molar refractivity (Wildman–Crippen MR) is 84.3 cm³/mol. The summed E-state index contributed by atoms with van der Waals surface area (Å²) in [5.41, 5.74) is 15.7. The van der Waals surface area contributed by atoms with Crippen LogP contribution in [0.1, 0.15) is 42.7 Å². The van der Waals surface area contributed by atoms with Crippen molar-refractivity contribution in [2.75, 3.05) is 0 Å². The van der Waals surface area contributed by atoms with E-state index in [0.29, 0.717) is 16.4 Å². The van der Waals surface area contributed by atoms with Gasteiger partial charge >= 0.3 is 0 Å². The molecule has 0 aliphatic heterocycles. The first-order chi connectivity index (χ1) is 10.0. The first-order valence-corrected chi connectivity index (χ1v) is 8.09. The highest BCUT2D eigenvalue weighted by molar-refractivity contribution is 7.82. The van der Waals surface area contributed by atoms with Gasteiger partial charge in [-0.2, -0.15) is 0 Å². The Hall–Kier alpha value is -1.48. The normalized spacial score (nSPS) is 24.6. The van der Waals surface area contributed by atoms with Gasteiger partial charge in [0.1, 0.15) is 11.0 Å². The number of benzene rings is 1. The molecule has 1 aromatic carbocycles. The van der Waals surface area contributed by atoms with E-state index in [1.165, 1.54) is 0 Å². The van der Waals surface area contributed by atoms with Gasteiger partial charge in [0.25, 0.3) is 0 Å². The molecule has 0 bridgehead atoms. The van der Waals surface area contributed by atoms with Gasteiger partial charge in [0.2, 0.25) is 0 Å². The summed E-state index contributed by atoms with van der Waals surface area (Å²) in [6.07, 6.45) is 3.87. The molecule has 1 aliphatic rings. The lowest BCUT2D eigenvalue weighted by molar-refractivity contribution is 0.395. The van der Waals surface area contributed by atoms with E-state index >= 15 is 0 Å². The molecule has 9 N–H and O–H groups in total. The molecular weight excluding hydrogens is 288 g/mol. The van der Waals surface area contributed by atoms with Crippen LogP contribution in [0.4, 0.5) is 0 Å². The van der Waals surface area contributed by atoms with Gasteiger partial charge in [0, 0.05) is 11.6 Å². The van der Waals surface area contributed by atoms with Crippen molar-refractivity contribution in [2.45, 2.75) is 42.5 Å². The summed E-state index contributed by atoms with van der Waals surface area (Å²) in [6, 6.07) is 5.78. The van der Waals surface area contributed by atoms with E-state index in [1.807, 2.05) is 12.1 Å². The lowest BCUT2D eigenvalue weighted by atomic mass is 9.80. The Morgan fingerprint density at radius 3 is 2.52 bits per heavy atom. The molecule has 0 saturated heterocycles. The minimum Gasteiger partial charge on any atom is -0.382 e. The zero-order chi connectivity index (χ0) is 15.4. The quantitative estimate of drug-likeness (QED) is 0.225. The third-order valence-electron chi connectivity index (χ3n) is 3.93. The van der Waals surface area contributed by atoms with Crippen molar-refractivity contribution in [3.8, 4) is 0 Å². The van der Waals surface area contributed by atoms with Gasteiger partial charge in [-0.3, -0.25) is 0 Å². The van der Waals surface area contributed by atoms with Crippen molar-refractivity contribution in [3.05, 3.63) is 29.3 Å². The van der Waals surface area contributed by atoms with E-state index < -0.39 is 11.0 Å². The maximum absolute atomic E-state index is 11.8. The molecule has 0 spiro atoms. The van der Waals surface area contributed by atoms with Crippen LogP contribution in [0.25, 0.3) is 0 Å². The Morgan fingerprint density at radius 1 is 1.29 bits per heavy atom. The molecule has 0 heterocycles. The van der Waals surface area contributed by atoms with Gasteiger partial charge in [0.15, 0.2) is 5.84 Å². The van der Waals surface area contributed by atoms with Crippen LogP contribution in [0.5, 0.6) is 0 Å². The van der Waals surface area contributed by atoms with Crippen LogP contribution in [-0.4, -0.2) is 16.1 Å². The molecule has 7 nitrogen and oxygen atoms in total. The summed E-state index contributed by atoms with van der Waals surface area (Å²) in [6.45, 7) is 0. The fraction of sp³-hybridized carbons (Fsp3) is 0.462. The van der Waals surface area contributed by atoms with E-state index in [-0.39, 0.29) is 11.9 Å². The van der Waals surface area contributed by atoms with E-state index in [2.05, 4.69) is 10.6 Å². The van der Waals surface area contributed by atoms with Crippen molar-refractivity contribution < 1.29 is 4.21 Å². The highest BCUT2D eigenvalue weighted by Crippen LogP contribution is 2.35. The number of hydrazone groups is 1. The zero-order valence-corrected chi connectivity index (χ0v) is 12.6. The maximum Gasteiger partial charge on any atom is 0.153 e. The highest BCUT2D eigenvalue weighted by Gasteiger charge is 2.25. The largest absolute Gasteiger partial charge is 0.382 e. The molecule has 21 heavy (non-hydrogen) atoms. The van der Waals surface area contributed by atoms with Crippen molar-refractivity contribution in [1.29, 1.82) is 0 Å². The van der Waals surface area contributed by atoms with Gasteiger partial charge in [-0.25, -0.2) is 20.7 Å². The topological polar surface area (TPSA) is 146 Å². The van der Waals surface area contributed by atoms with Gasteiger partial charge < -0.3 is 11.5 Å². The molecule has 1 saturated carbocycles. The number of hydrazine groups is 1. The Morgan fingerprint density at radius 2 is 1.95 bits per heavy atom. The summed E-state index contributed by atoms with van der Waals surface area (Å²) < 4.78 is 11.8. The third-order valence-corrected chi connectivity index (χ3v) is 4.70. The summed E-state index contributed by atoms with van der Waals surface area (Å²) in [5, 5.41) is 9.37. The van der Waals surface area contributed by atoms with Gasteiger partial charge in [-0.1, -0.05) is 12.1 Å². The second-order valence-corrected chi connectivity index (χ2v) is 6.29. The molecule has 2 rings (SSSR count). The number of nitrogens with zero attached hydrogens (tertiary/aromatic N) is 1. The third kappa shape index (κ3) is 3.59. The summed E-state index contributed by atoms with van der Waals surface area (Å²) in [4.78, 5) is 0.471. The number of hydrogen-bond acceptors (Lipinski definition) is 5. The van der Waals surface area contributed by atoms with Gasteiger partial charge in [-0.15, -0.1) is 5.10 Å². The van der Waals surface area contributed by atoms with Crippen LogP contribution in [0, 0.1) is 0 Å². The molecule has 116 valence electrons. The van der Waals surface area contributed by atoms with Crippen LogP contribution in [-0.2, 0) is 11.0 Å². The summed E-state index contributed by atoms with van der Waals surface area (Å²) in [5.74, 6) is 5.70. The monoisotopic (exact) mass is 310 g/mol. The fourth-order valence-corrected chi connectivity index (χ4v) is 3.52. The molecule has 1 atom stereocenters. The predicted octanol–water partition coefficient (Wildman–Crippen LogP) is -0.264. The first-order valence-electron chi connectivity index (χ1n) is 6.88. The molecule has 1 aliphatic carbocycles. The van der Waals surface area contributed by atoms with Crippen LogP contribution < -0.4 is 28.0 Å². The van der Waals surface area contributed by atoms with E-state index in [0.717, 1.165) is 31.2 Å². The number of hydrogen-bond donors (Lipinski definition) is 5. The number of nitrogens with one attached hydrogen (secondary N) is 1. The lowest BCUT2D eigenvalue weighted by Gasteiger charge is -2.28. The molecule has 8 heteroatoms. The highest BCUT2D eigenvalue weighted by atomic mass is 32.2. The standard InChI is InChI=1S/C13H22N6OS/c14-9-6-4-8(5-7-9)10-2-1-3-11(21(17)20)12(10)13(15)18-19-16/h1-3,8-9,19H,4-7,14,16-17H2,(H2,15,18). The van der Waals surface area contributed by atoms with Crippen molar-refractivity contribution in [3.63, 3.8) is 0 Å². The molecule has 1 aromatic rings. The second kappa shape index (κ2) is 6.99. The molecular formula is C13H22N6OS. The van der Waals surface area contributed by atoms with Crippen molar-refractivity contribution in [2.24, 2.45) is 27.6 Å². The Balaban J connectivity index is 2.47. The fourth-order valence-electron chi connectivity index (χ4n) is 2.89. The minimum absolute atomic E-state index is 0.191. The summed E-state index contributed by atoms with van der Waals surface area (Å²) >= 11 is 0. The number of nitrogens with two attached hydrogens (primary N) is 4. The minimum atomic E-state index is -1.64. The average Bonchev–Trinajstić information content (AvgIpc) is 2.47. The van der Waals surface area contributed by atoms with Crippen LogP contribution >= 0.6 is 0 Å². The molecule has 1 unspecified atom stereocenters. The maximum atomic E-state index is 11.8. The van der Waals surface area contributed by atoms with Crippen molar-refractivity contribution >= 4 is 16.8 Å². The smallest absolute Gasteiger partial charge is 0.153 e. The van der Waals surface area contributed by atoms with Gasteiger partial charge in [-0.05, 0) is 43.2 Å². The number of rotatable bonds is 4. The average molecular weight is 310 g/mol. The van der Waals surface area contributed by atoms with E-state index in [1.54, 1.807) is 6.07 Å². The molecule has 0 radical (unpaired) electrons. The Kier molecular flexibility index (Phi) is 5.29. The Labute approximate surface area is 126 Å². The van der Waals surface area contributed by atoms with E-state index in [9.17, 15) is 4.21 Å². The zero-order valence-electron chi connectivity index (χ0n) is 11.8. The second-order valence-electron chi connectivity index (χ2n) is 5.26. The Bertz CT molecular complexity index is 554. The van der Waals surface area contributed by atoms with Crippen LogP contribution in [0.15, 0.2) is 28.2 Å². The lowest BCUT2D eigenvalue weighted by Crippen LogP contribution is -2.29. The van der Waals surface area contributed by atoms with E-state index in [4.69, 9.17) is 22.4 Å². The van der Waals surface area contributed by atoms with Crippen molar-refractivity contribution in [1.82, 2.24) is 5.53 Å². The molecule has 0 amide bonds. The number of amidine groups is 1. The first kappa shape index (κ1) is 15.9. The summed E-state index contributed by atoms with van der Waals surface area (Å²) in [7, 11) is -1.64. The van der Waals surface area contributed by atoms with Crippen LogP contribution in [0.2, 0.25) is 0 Å². The molecule has 1 fully saturated rings.